The van der Waals surface area contributed by atoms with E-state index in [1.165, 1.54) is 11.3 Å². The molecule has 0 saturated carbocycles. The number of hydrogen-bond donors (Lipinski definition) is 0. The lowest BCUT2D eigenvalue weighted by Gasteiger charge is -2.38. The first-order chi connectivity index (χ1) is 9.99. The molecule has 116 valence electrons. The van der Waals surface area contributed by atoms with E-state index < -0.39 is 22.9 Å². The van der Waals surface area contributed by atoms with Gasteiger partial charge in [-0.05, 0) is 38.1 Å². The molecule has 2 saturated heterocycles. The van der Waals surface area contributed by atoms with Crippen molar-refractivity contribution in [3.63, 3.8) is 0 Å². The summed E-state index contributed by atoms with van der Waals surface area (Å²) in [6, 6.07) is 0. The molecule has 0 amide bonds. The number of carbonyl (C=O) groups excluding carboxylic acids is 1. The lowest BCUT2D eigenvalue weighted by molar-refractivity contribution is -0.164. The minimum Gasteiger partial charge on any atom is -0.622 e. The number of aromatic nitrogens is 2. The molecule has 0 aromatic carbocycles. The van der Waals surface area contributed by atoms with Crippen molar-refractivity contribution in [3.8, 4) is 0 Å². The summed E-state index contributed by atoms with van der Waals surface area (Å²) in [5, 5.41) is 22.0. The van der Waals surface area contributed by atoms with Crippen LogP contribution in [0.5, 0.6) is 0 Å². The van der Waals surface area contributed by atoms with E-state index in [1.54, 1.807) is 6.92 Å². The number of esters is 1. The molecule has 1 aromatic heterocycles. The zero-order valence-corrected chi connectivity index (χ0v) is 12.8. The largest absolute Gasteiger partial charge is 0.622 e. The minimum absolute atomic E-state index is 0.193. The van der Waals surface area contributed by atoms with Crippen molar-refractivity contribution in [1.29, 1.82) is 0 Å². The molecular formula is C12H18N4O4S. The molecule has 3 atom stereocenters. The fraction of sp³-hybridized carbons (Fsp3) is 0.750. The third kappa shape index (κ3) is 2.79. The summed E-state index contributed by atoms with van der Waals surface area (Å²) in [7, 11) is 1.82. The Morgan fingerprint density at radius 2 is 2.38 bits per heavy atom. The Kier molecular flexibility index (Phi) is 3.93. The lowest BCUT2D eigenvalue weighted by Crippen LogP contribution is -2.51. The van der Waals surface area contributed by atoms with Gasteiger partial charge in [0.2, 0.25) is 0 Å². The van der Waals surface area contributed by atoms with Crippen LogP contribution in [-0.2, 0) is 14.3 Å². The van der Waals surface area contributed by atoms with Gasteiger partial charge in [-0.1, -0.05) is 5.10 Å². The number of carbonyl (C=O) groups is 1. The molecule has 9 heteroatoms. The lowest BCUT2D eigenvalue weighted by atomic mass is 10.2. The highest BCUT2D eigenvalue weighted by Gasteiger charge is 2.46. The number of rotatable bonds is 3. The molecule has 0 aliphatic carbocycles. The summed E-state index contributed by atoms with van der Waals surface area (Å²) in [6.07, 6.45) is 0.134. The molecule has 3 unspecified atom stereocenters. The fourth-order valence-electron chi connectivity index (χ4n) is 2.62. The molecule has 2 aliphatic heterocycles. The maximum Gasteiger partial charge on any atom is 0.339 e. The fourth-order valence-corrected chi connectivity index (χ4v) is 3.38. The van der Waals surface area contributed by atoms with Crippen molar-refractivity contribution in [2.75, 3.05) is 26.9 Å². The van der Waals surface area contributed by atoms with Crippen LogP contribution in [0.25, 0.3) is 0 Å². The predicted octanol–water partition coefficient (Wildman–Crippen LogP) is 0.603. The summed E-state index contributed by atoms with van der Waals surface area (Å²) in [4.78, 5) is 13.9. The second kappa shape index (κ2) is 5.58. The van der Waals surface area contributed by atoms with Crippen LogP contribution < -0.4 is 4.65 Å². The van der Waals surface area contributed by atoms with Crippen LogP contribution >= 0.6 is 11.3 Å². The van der Waals surface area contributed by atoms with E-state index in [-0.39, 0.29) is 6.67 Å². The summed E-state index contributed by atoms with van der Waals surface area (Å²) >= 11 is 1.24. The van der Waals surface area contributed by atoms with Gasteiger partial charge < -0.3 is 14.7 Å². The molecule has 3 heterocycles. The van der Waals surface area contributed by atoms with Gasteiger partial charge in [0.25, 0.3) is 6.23 Å². The number of nitrogens with zero attached hydrogens (tertiary/aromatic N) is 4. The number of quaternary nitrogens is 1. The first kappa shape index (κ1) is 14.8. The van der Waals surface area contributed by atoms with Crippen LogP contribution in [0.2, 0.25) is 0 Å². The average Bonchev–Trinajstić information content (AvgIpc) is 3.11. The molecule has 0 spiro atoms. The van der Waals surface area contributed by atoms with Crippen LogP contribution in [0.4, 0.5) is 5.13 Å². The molecule has 2 fully saturated rings. The molecule has 21 heavy (non-hydrogen) atoms. The highest BCUT2D eigenvalue weighted by atomic mass is 32.1. The second-order valence-corrected chi connectivity index (χ2v) is 6.63. The monoisotopic (exact) mass is 314 g/mol. The Morgan fingerprint density at radius 3 is 3.00 bits per heavy atom. The molecule has 2 aliphatic rings. The van der Waals surface area contributed by atoms with Crippen molar-refractivity contribution < 1.29 is 14.3 Å². The van der Waals surface area contributed by atoms with E-state index in [0.29, 0.717) is 24.7 Å². The topological polar surface area (TPSA) is 87.6 Å². The van der Waals surface area contributed by atoms with Crippen LogP contribution in [-0.4, -0.2) is 60.3 Å². The number of hydrogen-bond acceptors (Lipinski definition) is 8. The smallest absolute Gasteiger partial charge is 0.339 e. The molecular weight excluding hydrogens is 296 g/mol. The van der Waals surface area contributed by atoms with Crippen LogP contribution in [0.15, 0.2) is 0 Å². The van der Waals surface area contributed by atoms with Gasteiger partial charge in [-0.2, -0.15) is 0 Å². The van der Waals surface area contributed by atoms with Crippen molar-refractivity contribution in [2.24, 2.45) is 0 Å². The third-order valence-electron chi connectivity index (χ3n) is 3.67. The Hall–Kier alpha value is -1.13. The van der Waals surface area contributed by atoms with Crippen LogP contribution in [0.1, 0.15) is 17.8 Å². The van der Waals surface area contributed by atoms with Gasteiger partial charge in [0.05, 0.1) is 6.54 Å². The van der Waals surface area contributed by atoms with Crippen molar-refractivity contribution in [1.82, 2.24) is 19.7 Å². The molecule has 0 N–H and O–H groups in total. The van der Waals surface area contributed by atoms with Gasteiger partial charge in [-0.15, -0.1) is 5.10 Å². The zero-order valence-electron chi connectivity index (χ0n) is 12.0. The summed E-state index contributed by atoms with van der Waals surface area (Å²) < 4.78 is 9.95. The molecule has 3 rings (SSSR count). The van der Waals surface area contributed by atoms with E-state index in [2.05, 4.69) is 10.2 Å². The highest BCUT2D eigenvalue weighted by molar-refractivity contribution is 7.15. The van der Waals surface area contributed by atoms with E-state index in [4.69, 9.17) is 9.47 Å². The van der Waals surface area contributed by atoms with E-state index >= 15 is 0 Å². The van der Waals surface area contributed by atoms with Gasteiger partial charge in [-0.25, -0.2) is 9.69 Å². The SMILES string of the molecule is Cc1nnc([N+]2([O-])CN(C)CC2OC(=O)C2CCCO2)s1. The number of likely N-dealkylation sites (N-methyl/N-ethyl adjacent to an activating group) is 1. The first-order valence-corrected chi connectivity index (χ1v) is 7.71. The summed E-state index contributed by atoms with van der Waals surface area (Å²) in [5.41, 5.74) is 0. The zero-order chi connectivity index (χ0) is 15.0. The Bertz CT molecular complexity index is 533. The third-order valence-corrected chi connectivity index (χ3v) is 4.62. The molecule has 0 radical (unpaired) electrons. The quantitative estimate of drug-likeness (QED) is 0.458. The normalized spacial score (nSPS) is 33.5. The first-order valence-electron chi connectivity index (χ1n) is 6.89. The maximum atomic E-state index is 13.1. The predicted molar refractivity (Wildman–Crippen MR) is 76.2 cm³/mol. The van der Waals surface area contributed by atoms with Gasteiger partial charge in [-0.3, -0.25) is 4.65 Å². The molecule has 0 bridgehead atoms. The van der Waals surface area contributed by atoms with Gasteiger partial charge in [0.1, 0.15) is 11.7 Å². The Labute approximate surface area is 126 Å². The maximum absolute atomic E-state index is 13.1. The van der Waals surface area contributed by atoms with Crippen molar-refractivity contribution >= 4 is 22.4 Å². The molecule has 8 nitrogen and oxygen atoms in total. The van der Waals surface area contributed by atoms with Crippen molar-refractivity contribution in [2.45, 2.75) is 32.1 Å². The summed E-state index contributed by atoms with van der Waals surface area (Å²) in [5.74, 6) is -0.451. The van der Waals surface area contributed by atoms with E-state index in [1.807, 2.05) is 11.9 Å². The number of aryl methyl sites for hydroxylation is 1. The van der Waals surface area contributed by atoms with Gasteiger partial charge in [0.15, 0.2) is 6.10 Å². The van der Waals surface area contributed by atoms with Crippen molar-refractivity contribution in [3.05, 3.63) is 10.2 Å². The summed E-state index contributed by atoms with van der Waals surface area (Å²) in [6.45, 7) is 2.93. The highest BCUT2D eigenvalue weighted by Crippen LogP contribution is 2.33. The van der Waals surface area contributed by atoms with Crippen LogP contribution in [0.3, 0.4) is 0 Å². The number of hydroxylamine groups is 2. The Balaban J connectivity index is 1.77. The van der Waals surface area contributed by atoms with Gasteiger partial charge in [0, 0.05) is 6.61 Å². The van der Waals surface area contributed by atoms with E-state index in [9.17, 15) is 10.0 Å². The minimum atomic E-state index is -0.820. The Morgan fingerprint density at radius 1 is 1.57 bits per heavy atom. The number of ether oxygens (including phenoxy) is 2. The second-order valence-electron chi connectivity index (χ2n) is 5.47. The average molecular weight is 314 g/mol. The standard InChI is InChI=1S/C12H18N4O4S/c1-8-13-14-12(21-8)16(18)7-15(2)6-10(16)20-11(17)9-4-3-5-19-9/h9-10H,3-7H2,1-2H3. The van der Waals surface area contributed by atoms with Crippen LogP contribution in [0, 0.1) is 12.1 Å². The van der Waals surface area contributed by atoms with E-state index in [0.717, 1.165) is 11.4 Å². The molecule has 1 aromatic rings. The van der Waals surface area contributed by atoms with Gasteiger partial charge >= 0.3 is 11.1 Å².